The second-order valence-corrected chi connectivity index (χ2v) is 7.25. The van der Waals surface area contributed by atoms with E-state index in [1.807, 2.05) is 0 Å². The van der Waals surface area contributed by atoms with Gasteiger partial charge in [-0.2, -0.15) is 0 Å². The normalized spacial score (nSPS) is 25.4. The molecule has 0 bridgehead atoms. The fourth-order valence-corrected chi connectivity index (χ4v) is 4.55. The molecule has 1 aromatic carbocycles. The highest BCUT2D eigenvalue weighted by Gasteiger charge is 2.45. The first-order valence-electron chi connectivity index (χ1n) is 7.91. The highest BCUT2D eigenvalue weighted by Crippen LogP contribution is 2.50. The predicted octanol–water partition coefficient (Wildman–Crippen LogP) is 4.13. The second-order valence-electron chi connectivity index (χ2n) is 7.25. The Morgan fingerprint density at radius 2 is 1.80 bits per heavy atom. The molecule has 106 valence electrons. The van der Waals surface area contributed by atoms with Gasteiger partial charge in [0.05, 0.1) is 6.04 Å². The Morgan fingerprint density at radius 3 is 2.55 bits per heavy atom. The van der Waals surface area contributed by atoms with Crippen LogP contribution in [-0.4, -0.2) is 22.6 Å². The molecular formula is C18H24N2. The van der Waals surface area contributed by atoms with Gasteiger partial charge in [-0.3, -0.25) is 4.90 Å². The van der Waals surface area contributed by atoms with Gasteiger partial charge in [-0.25, -0.2) is 0 Å². The third kappa shape index (κ3) is 1.54. The summed E-state index contributed by atoms with van der Waals surface area (Å²) in [5.74, 6) is 0. The van der Waals surface area contributed by atoms with E-state index in [1.54, 1.807) is 5.69 Å². The fourth-order valence-electron chi connectivity index (χ4n) is 4.55. The van der Waals surface area contributed by atoms with Gasteiger partial charge in [0, 0.05) is 28.6 Å². The van der Waals surface area contributed by atoms with Crippen molar-refractivity contribution in [2.45, 2.75) is 46.2 Å². The minimum atomic E-state index is 0.342. The van der Waals surface area contributed by atoms with E-state index in [9.17, 15) is 0 Å². The quantitative estimate of drug-likeness (QED) is 0.755. The molecule has 2 aliphatic heterocycles. The van der Waals surface area contributed by atoms with Crippen LogP contribution in [0.5, 0.6) is 0 Å². The number of benzene rings is 1. The number of hydrogen-bond donors (Lipinski definition) is 0. The Kier molecular flexibility index (Phi) is 2.56. The predicted molar refractivity (Wildman–Crippen MR) is 84.0 cm³/mol. The van der Waals surface area contributed by atoms with Crippen LogP contribution >= 0.6 is 0 Å². The second kappa shape index (κ2) is 4.11. The molecule has 0 saturated carbocycles. The third-order valence-electron chi connectivity index (χ3n) is 5.34. The molecule has 1 unspecified atom stereocenters. The molecule has 2 aromatic rings. The highest BCUT2D eigenvalue weighted by atomic mass is 15.2. The molecule has 1 saturated heterocycles. The first-order chi connectivity index (χ1) is 9.59. The van der Waals surface area contributed by atoms with Gasteiger partial charge in [0.1, 0.15) is 0 Å². The summed E-state index contributed by atoms with van der Waals surface area (Å²) >= 11 is 0. The molecule has 20 heavy (non-hydrogen) atoms. The molecule has 1 atom stereocenters. The molecule has 0 spiro atoms. The van der Waals surface area contributed by atoms with Crippen molar-refractivity contribution in [2.24, 2.45) is 5.41 Å². The van der Waals surface area contributed by atoms with E-state index < -0.39 is 0 Å². The maximum atomic E-state index is 2.73. The molecule has 2 aliphatic rings. The van der Waals surface area contributed by atoms with Crippen LogP contribution in [0.2, 0.25) is 0 Å². The van der Waals surface area contributed by atoms with Crippen LogP contribution in [-0.2, 0) is 6.54 Å². The van der Waals surface area contributed by atoms with E-state index in [4.69, 9.17) is 0 Å². The fraction of sp³-hybridized carbons (Fsp3) is 0.556. The number of fused-ring (bicyclic) bond motifs is 3. The Bertz CT molecular complexity index is 659. The van der Waals surface area contributed by atoms with Crippen molar-refractivity contribution in [3.05, 3.63) is 35.5 Å². The van der Waals surface area contributed by atoms with Crippen molar-refractivity contribution in [1.82, 2.24) is 9.47 Å². The van der Waals surface area contributed by atoms with Crippen molar-refractivity contribution in [2.75, 3.05) is 13.1 Å². The van der Waals surface area contributed by atoms with Crippen LogP contribution in [0.25, 0.3) is 10.9 Å². The largest absolute Gasteiger partial charge is 0.342 e. The number of rotatable bonds is 1. The molecule has 0 N–H and O–H groups in total. The van der Waals surface area contributed by atoms with E-state index in [0.717, 1.165) is 6.54 Å². The van der Waals surface area contributed by atoms with E-state index >= 15 is 0 Å². The first-order valence-corrected chi connectivity index (χ1v) is 7.91. The summed E-state index contributed by atoms with van der Waals surface area (Å²) in [5, 5.41) is 1.45. The van der Waals surface area contributed by atoms with Gasteiger partial charge in [0.15, 0.2) is 0 Å². The van der Waals surface area contributed by atoms with Crippen molar-refractivity contribution in [3.63, 3.8) is 0 Å². The van der Waals surface area contributed by atoms with Crippen LogP contribution in [0.3, 0.4) is 0 Å². The highest BCUT2D eigenvalue weighted by molar-refractivity contribution is 5.86. The first kappa shape index (κ1) is 12.5. The zero-order valence-corrected chi connectivity index (χ0v) is 12.8. The third-order valence-corrected chi connectivity index (χ3v) is 5.34. The Morgan fingerprint density at radius 1 is 1.10 bits per heavy atom. The maximum absolute atomic E-state index is 2.73. The number of aryl methyl sites for hydroxylation is 1. The van der Waals surface area contributed by atoms with Gasteiger partial charge in [0.2, 0.25) is 0 Å². The number of nitrogens with zero attached hydrogens (tertiary/aromatic N) is 2. The number of hydrogen-bond acceptors (Lipinski definition) is 1. The van der Waals surface area contributed by atoms with Crippen molar-refractivity contribution >= 4 is 10.9 Å². The van der Waals surface area contributed by atoms with Gasteiger partial charge in [0.25, 0.3) is 0 Å². The van der Waals surface area contributed by atoms with Crippen LogP contribution < -0.4 is 0 Å². The topological polar surface area (TPSA) is 8.17 Å². The smallest absolute Gasteiger partial charge is 0.0572 e. The lowest BCUT2D eigenvalue weighted by molar-refractivity contribution is 0.125. The SMILES string of the molecule is Cc1c2n(c3ccccc13)CC(C)(C)C2N1CCCC1. The van der Waals surface area contributed by atoms with Crippen LogP contribution in [0.1, 0.15) is 44.0 Å². The molecule has 1 aromatic heterocycles. The lowest BCUT2D eigenvalue weighted by atomic mass is 9.83. The summed E-state index contributed by atoms with van der Waals surface area (Å²) in [7, 11) is 0. The van der Waals surface area contributed by atoms with Crippen LogP contribution in [0, 0.1) is 12.3 Å². The molecular weight excluding hydrogens is 244 g/mol. The lowest BCUT2D eigenvalue weighted by Gasteiger charge is -2.34. The minimum Gasteiger partial charge on any atom is -0.342 e. The standard InChI is InChI=1S/C18H24N2/c1-13-14-8-4-5-9-15(14)20-12-18(2,3)17(16(13)20)19-10-6-7-11-19/h4-5,8-9,17H,6-7,10-12H2,1-3H3. The maximum Gasteiger partial charge on any atom is 0.0572 e. The molecule has 4 rings (SSSR count). The number of aromatic nitrogens is 1. The molecule has 0 amide bonds. The van der Waals surface area contributed by atoms with Crippen LogP contribution in [0.15, 0.2) is 24.3 Å². The Labute approximate surface area is 121 Å². The lowest BCUT2D eigenvalue weighted by Crippen LogP contribution is -2.34. The number of likely N-dealkylation sites (tertiary alicyclic amines) is 1. The van der Waals surface area contributed by atoms with E-state index in [1.165, 1.54) is 42.4 Å². The zero-order chi connectivity index (χ0) is 13.9. The summed E-state index contributed by atoms with van der Waals surface area (Å²) in [6, 6.07) is 9.50. The van der Waals surface area contributed by atoms with E-state index in [2.05, 4.69) is 54.5 Å². The Hall–Kier alpha value is -1.28. The summed E-state index contributed by atoms with van der Waals surface area (Å²) in [5.41, 5.74) is 4.85. The number of para-hydroxylation sites is 1. The van der Waals surface area contributed by atoms with E-state index in [-0.39, 0.29) is 0 Å². The molecule has 0 radical (unpaired) electrons. The van der Waals surface area contributed by atoms with Crippen molar-refractivity contribution < 1.29 is 0 Å². The monoisotopic (exact) mass is 268 g/mol. The molecule has 2 nitrogen and oxygen atoms in total. The van der Waals surface area contributed by atoms with Gasteiger partial charge < -0.3 is 4.57 Å². The summed E-state index contributed by atoms with van der Waals surface area (Å²) < 4.78 is 2.59. The molecule has 2 heteroatoms. The summed E-state index contributed by atoms with van der Waals surface area (Å²) in [6.07, 6.45) is 2.73. The van der Waals surface area contributed by atoms with Crippen molar-refractivity contribution in [1.29, 1.82) is 0 Å². The summed E-state index contributed by atoms with van der Waals surface area (Å²) in [4.78, 5) is 2.73. The van der Waals surface area contributed by atoms with Gasteiger partial charge in [-0.15, -0.1) is 0 Å². The average Bonchev–Trinajstić information content (AvgIpc) is 3.08. The van der Waals surface area contributed by atoms with E-state index in [0.29, 0.717) is 11.5 Å². The molecule has 3 heterocycles. The van der Waals surface area contributed by atoms with Gasteiger partial charge in [-0.05, 0) is 44.5 Å². The zero-order valence-electron chi connectivity index (χ0n) is 12.8. The van der Waals surface area contributed by atoms with Crippen LogP contribution in [0.4, 0.5) is 0 Å². The summed E-state index contributed by atoms with van der Waals surface area (Å²) in [6.45, 7) is 10.9. The molecule has 1 fully saturated rings. The van der Waals surface area contributed by atoms with Crippen molar-refractivity contribution in [3.8, 4) is 0 Å². The average molecular weight is 268 g/mol. The minimum absolute atomic E-state index is 0.342. The Balaban J connectivity index is 1.94. The molecule has 0 aliphatic carbocycles. The van der Waals surface area contributed by atoms with Gasteiger partial charge in [-0.1, -0.05) is 32.0 Å². The van der Waals surface area contributed by atoms with Gasteiger partial charge >= 0.3 is 0 Å².